The largest absolute Gasteiger partial charge is 0.465 e. The first kappa shape index (κ1) is 30.9. The lowest BCUT2D eigenvalue weighted by atomic mass is 9.96. The Labute approximate surface area is 270 Å². The molecule has 2 unspecified atom stereocenters. The van der Waals surface area contributed by atoms with Gasteiger partial charge in [0.05, 0.1) is 54.1 Å². The number of anilines is 1. The van der Waals surface area contributed by atoms with Crippen LogP contribution in [0.4, 0.5) is 5.69 Å². The van der Waals surface area contributed by atoms with Crippen LogP contribution in [0.1, 0.15) is 44.8 Å². The first-order chi connectivity index (χ1) is 22.2. The molecule has 2 bridgehead atoms. The van der Waals surface area contributed by atoms with Crippen molar-refractivity contribution in [3.8, 4) is 33.6 Å². The van der Waals surface area contributed by atoms with Crippen molar-refractivity contribution < 1.29 is 14.3 Å². The maximum Gasteiger partial charge on any atom is 0.327 e. The second kappa shape index (κ2) is 13.1. The van der Waals surface area contributed by atoms with Gasteiger partial charge in [-0.15, -0.1) is 0 Å². The number of aryl methyl sites for hydroxylation is 1. The minimum Gasteiger partial charge on any atom is -0.465 e. The highest BCUT2D eigenvalue weighted by atomic mass is 35.5. The number of ether oxygens (including phenoxy) is 1. The van der Waals surface area contributed by atoms with Gasteiger partial charge in [-0.25, -0.2) is 4.98 Å². The number of pyridine rings is 1. The molecule has 0 spiro atoms. The summed E-state index contributed by atoms with van der Waals surface area (Å²) in [5.74, 6) is -0.698. The summed E-state index contributed by atoms with van der Waals surface area (Å²) < 4.78 is 9.84. The van der Waals surface area contributed by atoms with Crippen LogP contribution in [0.25, 0.3) is 33.6 Å². The molecule has 1 aliphatic heterocycles. The van der Waals surface area contributed by atoms with Crippen LogP contribution in [0.2, 0.25) is 5.02 Å². The number of amides is 1. The molecular formula is C33H33ClN8O4. The molecule has 5 heterocycles. The molecule has 1 N–H and O–H groups in total. The lowest BCUT2D eigenvalue weighted by molar-refractivity contribution is -0.144. The third kappa shape index (κ3) is 6.34. The van der Waals surface area contributed by atoms with Gasteiger partial charge in [-0.1, -0.05) is 31.0 Å². The fourth-order valence-corrected chi connectivity index (χ4v) is 5.95. The second-order valence-electron chi connectivity index (χ2n) is 11.3. The summed E-state index contributed by atoms with van der Waals surface area (Å²) in [6.45, 7) is 3.91. The van der Waals surface area contributed by atoms with Gasteiger partial charge in [0.25, 0.3) is 5.56 Å². The van der Waals surface area contributed by atoms with Crippen molar-refractivity contribution in [2.75, 3.05) is 11.9 Å². The van der Waals surface area contributed by atoms with Gasteiger partial charge in [-0.3, -0.25) is 33.3 Å². The van der Waals surface area contributed by atoms with Crippen molar-refractivity contribution in [1.29, 1.82) is 0 Å². The molecule has 1 amide bonds. The molecule has 6 rings (SSSR count). The molecule has 236 valence electrons. The summed E-state index contributed by atoms with van der Waals surface area (Å²) in [5, 5.41) is 12.2. The van der Waals surface area contributed by atoms with E-state index in [1.54, 1.807) is 59.4 Å². The summed E-state index contributed by atoms with van der Waals surface area (Å²) >= 11 is 6.41. The van der Waals surface area contributed by atoms with Crippen LogP contribution in [0.3, 0.4) is 0 Å². The Kier molecular flexibility index (Phi) is 8.80. The van der Waals surface area contributed by atoms with Crippen molar-refractivity contribution in [2.45, 2.75) is 45.7 Å². The van der Waals surface area contributed by atoms with E-state index in [4.69, 9.17) is 21.3 Å². The lowest BCUT2D eigenvalue weighted by Gasteiger charge is -2.22. The predicted octanol–water partition coefficient (Wildman–Crippen LogP) is 5.13. The number of nitrogens with zero attached hydrogens (tertiary/aromatic N) is 7. The summed E-state index contributed by atoms with van der Waals surface area (Å²) in [6.07, 6.45) is 10.2. The normalized spacial score (nSPS) is 16.6. The Balaban J connectivity index is 1.38. The maximum absolute atomic E-state index is 13.8. The molecule has 4 aromatic heterocycles. The van der Waals surface area contributed by atoms with E-state index in [1.165, 1.54) is 10.7 Å². The van der Waals surface area contributed by atoms with Gasteiger partial charge < -0.3 is 10.1 Å². The molecule has 0 fully saturated rings. The first-order valence-electron chi connectivity index (χ1n) is 15.1. The summed E-state index contributed by atoms with van der Waals surface area (Å²) in [5.41, 5.74) is 5.22. The second-order valence-corrected chi connectivity index (χ2v) is 11.7. The number of hydrogen-bond donors (Lipinski definition) is 1. The third-order valence-electron chi connectivity index (χ3n) is 8.12. The standard InChI is InChI=1S/C33H33ClN8O4/c1-4-46-31(44)18-41-17-22(15-38-41)24-9-8-23(34)13-25(24)26-14-30(43)42(19-36-26)29-7-5-6-20(2)33(45)39-28-16-37-40(3)32(28)21-10-11-35-27(29)12-21/h8-17,19-20,29H,4-7,18H2,1-3H3,(H,39,45). The van der Waals surface area contributed by atoms with Gasteiger partial charge in [0, 0.05) is 53.1 Å². The Morgan fingerprint density at radius 1 is 1.04 bits per heavy atom. The topological polar surface area (TPSA) is 139 Å². The minimum absolute atomic E-state index is 0.0208. The van der Waals surface area contributed by atoms with E-state index in [1.807, 2.05) is 32.2 Å². The highest BCUT2D eigenvalue weighted by Gasteiger charge is 2.24. The summed E-state index contributed by atoms with van der Waals surface area (Å²) in [4.78, 5) is 48.2. The zero-order valence-electron chi connectivity index (χ0n) is 25.7. The predicted molar refractivity (Wildman–Crippen MR) is 173 cm³/mol. The molecule has 2 atom stereocenters. The molecule has 1 aliphatic rings. The Morgan fingerprint density at radius 3 is 2.70 bits per heavy atom. The van der Waals surface area contributed by atoms with Crippen molar-refractivity contribution >= 4 is 29.2 Å². The number of halogens is 1. The molecule has 12 nitrogen and oxygen atoms in total. The molecule has 1 aromatic carbocycles. The number of hydrogen-bond acceptors (Lipinski definition) is 8. The number of carbonyl (C=O) groups is 2. The molecule has 46 heavy (non-hydrogen) atoms. The SMILES string of the molecule is CCOC(=O)Cn1cc(-c2ccc(Cl)cc2-c2cc(=O)n(C3CCCC(C)C(=O)Nc4cnn(C)c4-c4ccnc3c4)cn2)cn1. The van der Waals surface area contributed by atoms with E-state index in [-0.39, 0.29) is 36.5 Å². The number of rotatable bonds is 6. The van der Waals surface area contributed by atoms with E-state index >= 15 is 0 Å². The van der Waals surface area contributed by atoms with Crippen LogP contribution >= 0.6 is 11.6 Å². The average Bonchev–Trinajstić information content (AvgIpc) is 3.65. The third-order valence-corrected chi connectivity index (χ3v) is 8.36. The lowest BCUT2D eigenvalue weighted by Crippen LogP contribution is -2.27. The van der Waals surface area contributed by atoms with Crippen LogP contribution in [-0.2, 0) is 27.9 Å². The summed E-state index contributed by atoms with van der Waals surface area (Å²) in [7, 11) is 1.82. The summed E-state index contributed by atoms with van der Waals surface area (Å²) in [6, 6.07) is 10.2. The van der Waals surface area contributed by atoms with Gasteiger partial charge >= 0.3 is 5.97 Å². The zero-order chi connectivity index (χ0) is 32.4. The fourth-order valence-electron chi connectivity index (χ4n) is 5.78. The van der Waals surface area contributed by atoms with Crippen molar-refractivity contribution in [1.82, 2.24) is 34.1 Å². The van der Waals surface area contributed by atoms with E-state index in [9.17, 15) is 14.4 Å². The Morgan fingerprint density at radius 2 is 1.89 bits per heavy atom. The minimum atomic E-state index is -0.416. The molecular weight excluding hydrogens is 608 g/mol. The van der Waals surface area contributed by atoms with Crippen LogP contribution < -0.4 is 10.9 Å². The van der Waals surface area contributed by atoms with Gasteiger partial charge in [-0.2, -0.15) is 10.2 Å². The molecule has 0 saturated heterocycles. The average molecular weight is 641 g/mol. The van der Waals surface area contributed by atoms with E-state index in [2.05, 4.69) is 20.5 Å². The molecule has 5 aromatic rings. The molecule has 0 saturated carbocycles. The van der Waals surface area contributed by atoms with Gasteiger partial charge in [0.15, 0.2) is 0 Å². The zero-order valence-corrected chi connectivity index (χ0v) is 26.4. The van der Waals surface area contributed by atoms with Crippen molar-refractivity contribution in [3.63, 3.8) is 0 Å². The van der Waals surface area contributed by atoms with Crippen LogP contribution in [0, 0.1) is 5.92 Å². The number of esters is 1. The van der Waals surface area contributed by atoms with Gasteiger partial charge in [0.2, 0.25) is 5.91 Å². The van der Waals surface area contributed by atoms with Crippen molar-refractivity contribution in [3.05, 3.63) is 88.6 Å². The van der Waals surface area contributed by atoms with Crippen LogP contribution in [-0.4, -0.2) is 52.6 Å². The van der Waals surface area contributed by atoms with E-state index in [0.29, 0.717) is 46.9 Å². The fraction of sp³-hybridized carbons (Fsp3) is 0.303. The monoisotopic (exact) mass is 640 g/mol. The number of benzene rings is 1. The highest BCUT2D eigenvalue weighted by molar-refractivity contribution is 6.31. The van der Waals surface area contributed by atoms with Crippen LogP contribution in [0.5, 0.6) is 0 Å². The number of nitrogens with one attached hydrogen (secondary N) is 1. The van der Waals surface area contributed by atoms with E-state index < -0.39 is 6.04 Å². The first-order valence-corrected chi connectivity index (χ1v) is 15.5. The molecule has 0 radical (unpaired) electrons. The maximum atomic E-state index is 13.8. The Hall–Kier alpha value is -5.10. The quantitative estimate of drug-likeness (QED) is 0.252. The van der Waals surface area contributed by atoms with Gasteiger partial charge in [0.1, 0.15) is 6.54 Å². The molecule has 0 aliphatic carbocycles. The highest BCUT2D eigenvalue weighted by Crippen LogP contribution is 2.34. The molecule has 13 heteroatoms. The Bertz CT molecular complexity index is 1980. The number of aromatic nitrogens is 7. The van der Waals surface area contributed by atoms with Gasteiger partial charge in [-0.05, 0) is 49.6 Å². The smallest absolute Gasteiger partial charge is 0.327 e. The number of carbonyl (C=O) groups excluding carboxylic acids is 2. The van der Waals surface area contributed by atoms with E-state index in [0.717, 1.165) is 22.4 Å². The van der Waals surface area contributed by atoms with Crippen LogP contribution in [0.15, 0.2) is 72.3 Å². The van der Waals surface area contributed by atoms with Crippen molar-refractivity contribution in [2.24, 2.45) is 13.0 Å². The number of fused-ring (bicyclic) bond motifs is 4.